The quantitative estimate of drug-likeness (QED) is 0.322. The lowest BCUT2D eigenvalue weighted by Gasteiger charge is -1.98. The van der Waals surface area contributed by atoms with E-state index in [-0.39, 0.29) is 11.9 Å². The zero-order valence-corrected chi connectivity index (χ0v) is 9.46. The summed E-state index contributed by atoms with van der Waals surface area (Å²) in [6.45, 7) is 5.35. The van der Waals surface area contributed by atoms with Crippen molar-refractivity contribution in [1.82, 2.24) is 5.27 Å². The van der Waals surface area contributed by atoms with Crippen molar-refractivity contribution in [2.75, 3.05) is 6.26 Å². The Hall–Kier alpha value is -1.04. The van der Waals surface area contributed by atoms with E-state index in [9.17, 15) is 5.11 Å². The van der Waals surface area contributed by atoms with Gasteiger partial charge in [0, 0.05) is 13.8 Å². The molecule has 0 atom stereocenters. The molecule has 0 aliphatic heterocycles. The Morgan fingerprint density at radius 1 is 1.64 bits per heavy atom. The Balaban J connectivity index is 3.14. The number of hydrogen-bond donors (Lipinski definition) is 0. The van der Waals surface area contributed by atoms with Crippen molar-refractivity contribution in [2.45, 2.75) is 31.8 Å². The van der Waals surface area contributed by atoms with Crippen molar-refractivity contribution in [1.29, 1.82) is 0 Å². The van der Waals surface area contributed by atoms with Crippen molar-refractivity contribution >= 4 is 23.5 Å². The fraction of sp³-hybridized carbons (Fsp3) is 0.625. The van der Waals surface area contributed by atoms with Gasteiger partial charge in [-0.25, -0.2) is 4.99 Å². The molecule has 5 nitrogen and oxygen atoms in total. The first kappa shape index (κ1) is 11.0. The van der Waals surface area contributed by atoms with Crippen LogP contribution in [0.15, 0.2) is 14.5 Å². The highest BCUT2D eigenvalue weighted by Gasteiger charge is 2.25. The number of hydrogen-bond acceptors (Lipinski definition) is 5. The fourth-order valence-electron chi connectivity index (χ4n) is 0.978. The minimum absolute atomic E-state index is 0.192. The molecule has 0 aliphatic carbocycles. The van der Waals surface area contributed by atoms with Gasteiger partial charge in [-0.3, -0.25) is 4.52 Å². The molecule has 0 amide bonds. The summed E-state index contributed by atoms with van der Waals surface area (Å²) >= 11 is 1.46. The Kier molecular flexibility index (Phi) is 3.51. The van der Waals surface area contributed by atoms with Crippen LogP contribution >= 0.6 is 11.8 Å². The lowest BCUT2D eigenvalue weighted by molar-refractivity contribution is -0.809. The van der Waals surface area contributed by atoms with E-state index in [2.05, 4.69) is 10.3 Å². The monoisotopic (exact) mass is 215 g/mol. The summed E-state index contributed by atoms with van der Waals surface area (Å²) < 4.78 is 6.66. The van der Waals surface area contributed by atoms with Gasteiger partial charge in [0.1, 0.15) is 0 Å². The lowest BCUT2D eigenvalue weighted by atomic mass is 10.4. The largest absolute Gasteiger partial charge is 0.862 e. The molecule has 0 N–H and O–H groups in total. The van der Waals surface area contributed by atoms with Gasteiger partial charge in [0.25, 0.3) is 0 Å². The van der Waals surface area contributed by atoms with Gasteiger partial charge in [-0.1, -0.05) is 11.8 Å². The van der Waals surface area contributed by atoms with Crippen LogP contribution < -0.4 is 9.79 Å². The van der Waals surface area contributed by atoms with Crippen molar-refractivity contribution in [2.24, 2.45) is 4.99 Å². The molecular weight excluding hydrogens is 202 g/mol. The molecule has 0 unspecified atom stereocenters. The van der Waals surface area contributed by atoms with E-state index >= 15 is 0 Å². The standard InChI is InChI=1S/C8H13N3O2S/c1-5(2)11-8(14-4)7(13-10-11)9-6(3)12/h5H,1-4H3. The summed E-state index contributed by atoms with van der Waals surface area (Å²) in [5.74, 6) is 0.00561. The van der Waals surface area contributed by atoms with Crippen molar-refractivity contribution in [3.63, 3.8) is 0 Å². The highest BCUT2D eigenvalue weighted by atomic mass is 32.2. The SMILES string of the molecule is CSc1c(/N=C(/C)[O-])on[n+]1C(C)C. The van der Waals surface area contributed by atoms with E-state index in [1.807, 2.05) is 20.1 Å². The van der Waals surface area contributed by atoms with Crippen LogP contribution in [0.3, 0.4) is 0 Å². The smallest absolute Gasteiger partial charge is 0.335 e. The average molecular weight is 215 g/mol. The van der Waals surface area contributed by atoms with Crippen LogP contribution in [0.1, 0.15) is 26.8 Å². The summed E-state index contributed by atoms with van der Waals surface area (Å²) in [5, 5.41) is 15.4. The first-order valence-corrected chi connectivity index (χ1v) is 5.46. The van der Waals surface area contributed by atoms with E-state index in [0.29, 0.717) is 5.88 Å². The van der Waals surface area contributed by atoms with E-state index in [0.717, 1.165) is 5.03 Å². The highest BCUT2D eigenvalue weighted by molar-refractivity contribution is 7.98. The topological polar surface area (TPSA) is 65.3 Å². The number of aliphatic imine (C=N–C) groups is 1. The number of aromatic nitrogens is 2. The maximum atomic E-state index is 10.8. The normalized spacial score (nSPS) is 12.5. The van der Waals surface area contributed by atoms with E-state index in [1.165, 1.54) is 18.7 Å². The first-order chi connectivity index (χ1) is 6.56. The van der Waals surface area contributed by atoms with Gasteiger partial charge >= 0.3 is 10.9 Å². The minimum atomic E-state index is -0.285. The molecule has 0 fully saturated rings. The summed E-state index contributed by atoms with van der Waals surface area (Å²) in [6.07, 6.45) is 1.89. The summed E-state index contributed by atoms with van der Waals surface area (Å²) in [6, 6.07) is 0.192. The molecule has 0 aliphatic rings. The molecule has 0 spiro atoms. The molecule has 78 valence electrons. The van der Waals surface area contributed by atoms with E-state index in [1.54, 1.807) is 4.68 Å². The molecule has 0 saturated heterocycles. The van der Waals surface area contributed by atoms with Crippen LogP contribution in [0.5, 0.6) is 0 Å². The van der Waals surface area contributed by atoms with Crippen molar-refractivity contribution in [3.8, 4) is 0 Å². The van der Waals surface area contributed by atoms with Crippen LogP contribution in [0, 0.1) is 0 Å². The van der Waals surface area contributed by atoms with Gasteiger partial charge < -0.3 is 5.11 Å². The van der Waals surface area contributed by atoms with Crippen LogP contribution in [-0.4, -0.2) is 17.4 Å². The van der Waals surface area contributed by atoms with Crippen LogP contribution in [-0.2, 0) is 0 Å². The van der Waals surface area contributed by atoms with Crippen LogP contribution in [0.4, 0.5) is 5.88 Å². The molecule has 0 aromatic carbocycles. The molecule has 0 bridgehead atoms. The van der Waals surface area contributed by atoms with Gasteiger partial charge in [0.05, 0.1) is 0 Å². The zero-order chi connectivity index (χ0) is 10.7. The summed E-state index contributed by atoms with van der Waals surface area (Å²) in [4.78, 5) is 3.72. The molecule has 1 aromatic rings. The molecule has 1 heterocycles. The van der Waals surface area contributed by atoms with E-state index in [4.69, 9.17) is 4.52 Å². The Bertz CT molecular complexity index is 342. The van der Waals surface area contributed by atoms with Crippen molar-refractivity contribution < 1.29 is 14.3 Å². The highest BCUT2D eigenvalue weighted by Crippen LogP contribution is 2.24. The van der Waals surface area contributed by atoms with Crippen LogP contribution in [0.25, 0.3) is 0 Å². The van der Waals surface area contributed by atoms with Gasteiger partial charge in [-0.15, -0.1) is 0 Å². The maximum absolute atomic E-state index is 10.8. The van der Waals surface area contributed by atoms with Gasteiger partial charge in [0.15, 0.2) is 6.04 Å². The fourth-order valence-corrected chi connectivity index (χ4v) is 1.67. The maximum Gasteiger partial charge on any atom is 0.335 e. The summed E-state index contributed by atoms with van der Waals surface area (Å²) in [5.41, 5.74) is 0. The molecular formula is C8H13N3O2S. The minimum Gasteiger partial charge on any atom is -0.862 e. The van der Waals surface area contributed by atoms with Crippen LogP contribution in [0.2, 0.25) is 0 Å². The predicted octanol–water partition coefficient (Wildman–Crippen LogP) is 0.675. The third kappa shape index (κ3) is 2.25. The Labute approximate surface area is 86.8 Å². The predicted molar refractivity (Wildman–Crippen MR) is 51.6 cm³/mol. The molecule has 14 heavy (non-hydrogen) atoms. The second-order valence-corrected chi connectivity index (χ2v) is 3.85. The number of nitrogens with zero attached hydrogens (tertiary/aromatic N) is 3. The van der Waals surface area contributed by atoms with E-state index < -0.39 is 0 Å². The Morgan fingerprint density at radius 3 is 2.71 bits per heavy atom. The Morgan fingerprint density at radius 2 is 2.29 bits per heavy atom. The summed E-state index contributed by atoms with van der Waals surface area (Å²) in [7, 11) is 0. The number of rotatable bonds is 3. The third-order valence-electron chi connectivity index (χ3n) is 1.55. The van der Waals surface area contributed by atoms with Crippen molar-refractivity contribution in [3.05, 3.63) is 0 Å². The third-order valence-corrected chi connectivity index (χ3v) is 2.30. The van der Waals surface area contributed by atoms with Gasteiger partial charge in [-0.05, 0) is 23.8 Å². The van der Waals surface area contributed by atoms with Gasteiger partial charge in [-0.2, -0.15) is 0 Å². The lowest BCUT2D eigenvalue weighted by Crippen LogP contribution is -2.39. The molecule has 1 aromatic heterocycles. The molecule has 6 heteroatoms. The molecule has 0 saturated carbocycles. The second kappa shape index (κ2) is 4.45. The molecule has 1 rings (SSSR count). The van der Waals surface area contributed by atoms with Gasteiger partial charge in [0.2, 0.25) is 5.27 Å². The first-order valence-electron chi connectivity index (χ1n) is 4.24. The second-order valence-electron chi connectivity index (χ2n) is 3.06. The average Bonchev–Trinajstić information content (AvgIpc) is 2.46. The molecule has 0 radical (unpaired) electrons. The number of thioether (sulfide) groups is 1. The zero-order valence-electron chi connectivity index (χ0n) is 8.64.